The number of benzene rings is 2. The van der Waals surface area contributed by atoms with E-state index in [4.69, 9.17) is 9.47 Å². The number of nitrogens with zero attached hydrogens (tertiary/aromatic N) is 1. The molecule has 9 heteroatoms. The smallest absolute Gasteiger partial charge is 0.416 e. The van der Waals surface area contributed by atoms with Crippen LogP contribution in [0.15, 0.2) is 42.5 Å². The molecule has 0 atom stereocenters. The van der Waals surface area contributed by atoms with Gasteiger partial charge in [-0.1, -0.05) is 0 Å². The van der Waals surface area contributed by atoms with E-state index in [-0.39, 0.29) is 19.0 Å². The van der Waals surface area contributed by atoms with Crippen molar-refractivity contribution in [3.05, 3.63) is 48.0 Å². The summed E-state index contributed by atoms with van der Waals surface area (Å²) >= 11 is 0. The second-order valence-corrected chi connectivity index (χ2v) is 5.77. The maximum atomic E-state index is 12.7. The van der Waals surface area contributed by atoms with Crippen LogP contribution in [-0.2, 0) is 15.8 Å². The van der Waals surface area contributed by atoms with Gasteiger partial charge >= 0.3 is 6.18 Å². The summed E-state index contributed by atoms with van der Waals surface area (Å²) in [6.07, 6.45) is -4.48. The first-order valence-electron chi connectivity index (χ1n) is 7.89. The van der Waals surface area contributed by atoms with Crippen molar-refractivity contribution in [2.24, 2.45) is 0 Å². The number of anilines is 2. The summed E-state index contributed by atoms with van der Waals surface area (Å²) in [5.41, 5.74) is -0.198. The van der Waals surface area contributed by atoms with Crippen molar-refractivity contribution in [2.45, 2.75) is 13.1 Å². The first kappa shape index (κ1) is 18.6. The molecule has 0 saturated carbocycles. The van der Waals surface area contributed by atoms with E-state index in [0.29, 0.717) is 17.2 Å². The fourth-order valence-corrected chi connectivity index (χ4v) is 2.53. The molecular weight excluding hydrogens is 365 g/mol. The topological polar surface area (TPSA) is 67.9 Å². The monoisotopic (exact) mass is 380 g/mol. The van der Waals surface area contributed by atoms with Crippen LogP contribution in [0.4, 0.5) is 24.5 Å². The lowest BCUT2D eigenvalue weighted by atomic mass is 10.2. The average Bonchev–Trinajstić information content (AvgIpc) is 3.06. The van der Waals surface area contributed by atoms with Crippen LogP contribution in [0.3, 0.4) is 0 Å². The minimum absolute atomic E-state index is 0.0960. The lowest BCUT2D eigenvalue weighted by Crippen LogP contribution is -2.36. The maximum Gasteiger partial charge on any atom is 0.416 e. The molecule has 142 valence electrons. The average molecular weight is 380 g/mol. The molecule has 2 aromatic carbocycles. The molecule has 2 amide bonds. The zero-order valence-corrected chi connectivity index (χ0v) is 14.2. The maximum absolute atomic E-state index is 12.7. The number of ether oxygens (including phenoxy) is 2. The first-order chi connectivity index (χ1) is 12.7. The van der Waals surface area contributed by atoms with Gasteiger partial charge in [0.1, 0.15) is 6.54 Å². The van der Waals surface area contributed by atoms with Gasteiger partial charge in [-0.05, 0) is 36.4 Å². The molecule has 0 saturated heterocycles. The quantitative estimate of drug-likeness (QED) is 0.883. The van der Waals surface area contributed by atoms with Crippen LogP contribution in [0.25, 0.3) is 0 Å². The third-order valence-electron chi connectivity index (χ3n) is 3.84. The minimum atomic E-state index is -4.48. The van der Waals surface area contributed by atoms with Gasteiger partial charge in [-0.15, -0.1) is 0 Å². The van der Waals surface area contributed by atoms with Crippen LogP contribution in [0, 0.1) is 0 Å². The van der Waals surface area contributed by atoms with Gasteiger partial charge < -0.3 is 19.7 Å². The Morgan fingerprint density at radius 1 is 1.07 bits per heavy atom. The van der Waals surface area contributed by atoms with E-state index < -0.39 is 23.6 Å². The second kappa shape index (κ2) is 7.18. The highest BCUT2D eigenvalue weighted by Crippen LogP contribution is 2.34. The van der Waals surface area contributed by atoms with Crippen molar-refractivity contribution in [3.63, 3.8) is 0 Å². The molecule has 1 aliphatic heterocycles. The SMILES string of the molecule is CC(=O)N(CC(=O)Nc1ccc2c(c1)OCO2)c1ccc(C(F)(F)F)cc1. The molecule has 2 aromatic rings. The molecule has 1 aliphatic rings. The van der Waals surface area contributed by atoms with E-state index in [9.17, 15) is 22.8 Å². The van der Waals surface area contributed by atoms with Crippen molar-refractivity contribution in [3.8, 4) is 11.5 Å². The second-order valence-electron chi connectivity index (χ2n) is 5.77. The van der Waals surface area contributed by atoms with Crippen LogP contribution in [-0.4, -0.2) is 25.2 Å². The van der Waals surface area contributed by atoms with E-state index in [1.54, 1.807) is 18.2 Å². The molecule has 1 heterocycles. The molecule has 0 bridgehead atoms. The zero-order valence-electron chi connectivity index (χ0n) is 14.2. The van der Waals surface area contributed by atoms with E-state index in [1.165, 1.54) is 6.92 Å². The third-order valence-corrected chi connectivity index (χ3v) is 3.84. The van der Waals surface area contributed by atoms with Crippen LogP contribution in [0.2, 0.25) is 0 Å². The largest absolute Gasteiger partial charge is 0.454 e. The van der Waals surface area contributed by atoms with Gasteiger partial charge in [-0.2, -0.15) is 13.2 Å². The predicted octanol–water partition coefficient (Wildman–Crippen LogP) is 3.43. The third kappa shape index (κ3) is 4.30. The number of carbonyl (C=O) groups excluding carboxylic acids is 2. The van der Waals surface area contributed by atoms with Crippen LogP contribution >= 0.6 is 0 Å². The molecule has 0 aromatic heterocycles. The molecule has 3 rings (SSSR count). The number of hydrogen-bond donors (Lipinski definition) is 1. The summed E-state index contributed by atoms with van der Waals surface area (Å²) in [4.78, 5) is 25.2. The molecular formula is C18H15F3N2O4. The fourth-order valence-electron chi connectivity index (χ4n) is 2.53. The summed E-state index contributed by atoms with van der Waals surface area (Å²) in [7, 11) is 0. The van der Waals surface area contributed by atoms with E-state index in [1.807, 2.05) is 0 Å². The van der Waals surface area contributed by atoms with Crippen LogP contribution < -0.4 is 19.7 Å². The number of rotatable bonds is 4. The van der Waals surface area contributed by atoms with Crippen molar-refractivity contribution in [1.82, 2.24) is 0 Å². The molecule has 0 spiro atoms. The lowest BCUT2D eigenvalue weighted by Gasteiger charge is -2.21. The predicted molar refractivity (Wildman–Crippen MR) is 90.7 cm³/mol. The van der Waals surface area contributed by atoms with E-state index >= 15 is 0 Å². The van der Waals surface area contributed by atoms with Gasteiger partial charge in [-0.25, -0.2) is 0 Å². The first-order valence-corrected chi connectivity index (χ1v) is 7.89. The standard InChI is InChI=1S/C18H15F3N2O4/c1-11(24)23(14-5-2-12(3-6-14)18(19,20)21)9-17(25)22-13-4-7-15-16(8-13)27-10-26-15/h2-8H,9-10H2,1H3,(H,22,25). The summed E-state index contributed by atoms with van der Waals surface area (Å²) in [6, 6.07) is 8.85. The molecule has 0 fully saturated rings. The number of alkyl halides is 3. The van der Waals surface area contributed by atoms with Crippen molar-refractivity contribution < 1.29 is 32.2 Å². The number of hydrogen-bond acceptors (Lipinski definition) is 4. The Morgan fingerprint density at radius 2 is 1.74 bits per heavy atom. The van der Waals surface area contributed by atoms with Crippen molar-refractivity contribution >= 4 is 23.2 Å². The van der Waals surface area contributed by atoms with E-state index in [0.717, 1.165) is 29.2 Å². The highest BCUT2D eigenvalue weighted by Gasteiger charge is 2.30. The summed E-state index contributed by atoms with van der Waals surface area (Å²) in [5, 5.41) is 2.61. The van der Waals surface area contributed by atoms with Crippen LogP contribution in [0.1, 0.15) is 12.5 Å². The molecule has 0 unspecified atom stereocenters. The van der Waals surface area contributed by atoms with Crippen molar-refractivity contribution in [2.75, 3.05) is 23.6 Å². The Hall–Kier alpha value is -3.23. The number of carbonyl (C=O) groups is 2. The molecule has 0 aliphatic carbocycles. The lowest BCUT2D eigenvalue weighted by molar-refractivity contribution is -0.137. The zero-order chi connectivity index (χ0) is 19.6. The Morgan fingerprint density at radius 3 is 2.37 bits per heavy atom. The summed E-state index contributed by atoms with van der Waals surface area (Å²) in [6.45, 7) is 0.972. The van der Waals surface area contributed by atoms with E-state index in [2.05, 4.69) is 5.32 Å². The number of fused-ring (bicyclic) bond motifs is 1. The van der Waals surface area contributed by atoms with Gasteiger partial charge in [0.15, 0.2) is 11.5 Å². The molecule has 1 N–H and O–H groups in total. The van der Waals surface area contributed by atoms with Gasteiger partial charge in [0.05, 0.1) is 5.56 Å². The highest BCUT2D eigenvalue weighted by molar-refractivity contribution is 6.01. The van der Waals surface area contributed by atoms with Gasteiger partial charge in [0.2, 0.25) is 18.6 Å². The number of halogens is 3. The Labute approximate surface area is 152 Å². The summed E-state index contributed by atoms with van der Waals surface area (Å²) in [5.74, 6) is 0.0571. The molecule has 0 radical (unpaired) electrons. The molecule has 6 nitrogen and oxygen atoms in total. The number of nitrogens with one attached hydrogen (secondary N) is 1. The van der Waals surface area contributed by atoms with Gasteiger partial charge in [-0.3, -0.25) is 9.59 Å². The Balaban J connectivity index is 1.70. The van der Waals surface area contributed by atoms with Crippen LogP contribution in [0.5, 0.6) is 11.5 Å². The highest BCUT2D eigenvalue weighted by atomic mass is 19.4. The van der Waals surface area contributed by atoms with Gasteiger partial charge in [0.25, 0.3) is 0 Å². The Kier molecular flexibility index (Phi) is 4.93. The normalized spacial score (nSPS) is 12.6. The minimum Gasteiger partial charge on any atom is -0.454 e. The fraction of sp³-hybridized carbons (Fsp3) is 0.222. The summed E-state index contributed by atoms with van der Waals surface area (Å²) < 4.78 is 48.4. The molecule has 27 heavy (non-hydrogen) atoms. The van der Waals surface area contributed by atoms with Gasteiger partial charge in [0, 0.05) is 24.4 Å². The Bertz CT molecular complexity index is 866. The number of amides is 2. The van der Waals surface area contributed by atoms with Crippen molar-refractivity contribution in [1.29, 1.82) is 0 Å².